The van der Waals surface area contributed by atoms with Crippen molar-refractivity contribution in [1.82, 2.24) is 0 Å². The van der Waals surface area contributed by atoms with Crippen LogP contribution in [0.5, 0.6) is 5.75 Å². The molecule has 40 heavy (non-hydrogen) atoms. The summed E-state index contributed by atoms with van der Waals surface area (Å²) in [6.45, 7) is 0. The Balaban J connectivity index is 1.66. The monoisotopic (exact) mass is 526 g/mol. The molecular weight excluding hydrogens is 488 g/mol. The third-order valence-electron chi connectivity index (χ3n) is 7.04. The molecule has 2 nitrogen and oxygen atoms in total. The van der Waals surface area contributed by atoms with Crippen molar-refractivity contribution in [2.45, 2.75) is 0 Å². The summed E-state index contributed by atoms with van der Waals surface area (Å²) in [6.07, 6.45) is 0. The number of phenolic OH excluding ortho intramolecular Hbond substituents is 1. The second kappa shape index (κ2) is 8.86. The van der Waals surface area contributed by atoms with Crippen LogP contribution in [0.1, 0.15) is 19.2 Å². The zero-order valence-corrected chi connectivity index (χ0v) is 20.6. The minimum Gasteiger partial charge on any atom is -0.504 e. The Morgan fingerprint density at radius 3 is 1.82 bits per heavy atom. The summed E-state index contributed by atoms with van der Waals surface area (Å²) < 4.78 is 127. The van der Waals surface area contributed by atoms with E-state index in [0.29, 0.717) is 32.7 Å². The molecule has 0 aliphatic carbocycles. The second-order valence-corrected chi connectivity index (χ2v) is 9.15. The molecular formula is C38H24O2. The minimum absolute atomic E-state index is 0.00909. The lowest BCUT2D eigenvalue weighted by Crippen LogP contribution is -1.91. The highest BCUT2D eigenvalue weighted by molar-refractivity contribution is 6.27. The van der Waals surface area contributed by atoms with E-state index in [2.05, 4.69) is 0 Å². The van der Waals surface area contributed by atoms with Crippen LogP contribution in [0.15, 0.2) is 144 Å². The summed E-state index contributed by atoms with van der Waals surface area (Å²) in [4.78, 5) is 0. The second-order valence-electron chi connectivity index (χ2n) is 9.15. The van der Waals surface area contributed by atoms with Gasteiger partial charge in [-0.3, -0.25) is 0 Å². The number of benzene rings is 7. The summed E-state index contributed by atoms with van der Waals surface area (Å²) in [5, 5.41) is 12.9. The molecule has 1 heterocycles. The molecule has 0 saturated heterocycles. The fourth-order valence-corrected chi connectivity index (χ4v) is 5.46. The van der Waals surface area contributed by atoms with Crippen LogP contribution in [0.2, 0.25) is 0 Å². The minimum atomic E-state index is -0.766. The highest BCUT2D eigenvalue weighted by atomic mass is 16.4. The maximum absolute atomic E-state index is 11.4. The van der Waals surface area contributed by atoms with Gasteiger partial charge in [-0.2, -0.15) is 0 Å². The van der Waals surface area contributed by atoms with Gasteiger partial charge in [0.05, 0.1) is 19.2 Å². The maximum atomic E-state index is 11.4. The molecule has 0 fully saturated rings. The van der Waals surface area contributed by atoms with Crippen molar-refractivity contribution in [2.24, 2.45) is 0 Å². The molecule has 7 aromatic carbocycles. The number of furan rings is 1. The third-order valence-corrected chi connectivity index (χ3v) is 7.04. The Bertz CT molecular complexity index is 2920. The average molecular weight is 527 g/mol. The Kier molecular flexibility index (Phi) is 2.81. The van der Waals surface area contributed by atoms with Crippen LogP contribution in [0.25, 0.3) is 76.9 Å². The highest BCUT2D eigenvalue weighted by Crippen LogP contribution is 2.49. The van der Waals surface area contributed by atoms with Crippen LogP contribution in [-0.4, -0.2) is 5.11 Å². The van der Waals surface area contributed by atoms with Gasteiger partial charge in [-0.05, 0) is 73.1 Å². The smallest absolute Gasteiger partial charge is 0.177 e. The third kappa shape index (κ3) is 3.30. The van der Waals surface area contributed by atoms with Gasteiger partial charge < -0.3 is 9.52 Å². The van der Waals surface area contributed by atoms with Crippen molar-refractivity contribution in [3.8, 4) is 39.1 Å². The normalized spacial score (nSPS) is 16.5. The van der Waals surface area contributed by atoms with E-state index in [0.717, 1.165) is 6.07 Å². The molecule has 0 atom stereocenters. The molecule has 0 amide bonds. The molecule has 0 bridgehead atoms. The van der Waals surface area contributed by atoms with Crippen molar-refractivity contribution in [2.75, 3.05) is 0 Å². The van der Waals surface area contributed by atoms with E-state index in [1.54, 1.807) is 48.5 Å². The molecule has 0 aliphatic rings. The molecule has 1 aromatic heterocycles. The van der Waals surface area contributed by atoms with Crippen LogP contribution in [-0.2, 0) is 0 Å². The zero-order chi connectivity index (χ0) is 38.8. The van der Waals surface area contributed by atoms with E-state index >= 15 is 0 Å². The quantitative estimate of drug-likeness (QED) is 0.232. The van der Waals surface area contributed by atoms with Gasteiger partial charge in [0, 0.05) is 10.8 Å². The largest absolute Gasteiger partial charge is 0.504 e. The average Bonchev–Trinajstić information content (AvgIpc) is 3.56. The first-order valence-electron chi connectivity index (χ1n) is 19.4. The van der Waals surface area contributed by atoms with E-state index in [1.807, 2.05) is 0 Å². The lowest BCUT2D eigenvalue weighted by Gasteiger charge is -2.18. The van der Waals surface area contributed by atoms with Crippen molar-refractivity contribution < 1.29 is 28.7 Å². The van der Waals surface area contributed by atoms with E-state index < -0.39 is 90.3 Å². The van der Waals surface area contributed by atoms with Crippen molar-refractivity contribution >= 4 is 43.5 Å². The lowest BCUT2D eigenvalue weighted by atomic mass is 9.84. The Morgan fingerprint density at radius 1 is 0.500 bits per heavy atom. The summed E-state index contributed by atoms with van der Waals surface area (Å²) in [5.41, 5.74) is -0.526. The molecule has 2 heteroatoms. The predicted molar refractivity (Wildman–Crippen MR) is 167 cm³/mol. The van der Waals surface area contributed by atoms with Crippen LogP contribution >= 0.6 is 0 Å². The molecule has 1 N–H and O–H groups in total. The fraction of sp³-hybridized carbons (Fsp3) is 0. The Hall–Kier alpha value is -5.34. The van der Waals surface area contributed by atoms with Crippen LogP contribution in [0.3, 0.4) is 0 Å². The molecule has 8 rings (SSSR count). The Labute approximate surface area is 251 Å². The zero-order valence-electron chi connectivity index (χ0n) is 34.6. The lowest BCUT2D eigenvalue weighted by molar-refractivity contribution is 0.469. The van der Waals surface area contributed by atoms with Crippen LogP contribution in [0, 0.1) is 0 Å². The first kappa shape index (κ1) is 12.7. The highest BCUT2D eigenvalue weighted by Gasteiger charge is 2.23. The van der Waals surface area contributed by atoms with Crippen molar-refractivity contribution in [1.29, 1.82) is 0 Å². The SMILES string of the molecule is [2H]c1cc(-c2c([2H])c([2H])c([2H])c3oc4c(O)c([2H])c([2H])c(-c5c6ccccc6c(-c6c([2H])c([2H])c([2H])c([2H])c6[2H])c6ccccc56)c4c23)c([2H])c([2H])c1[2H]. The Morgan fingerprint density at radius 2 is 1.12 bits per heavy atom. The van der Waals surface area contributed by atoms with E-state index in [9.17, 15) is 6.48 Å². The predicted octanol–water partition coefficient (Wildman–Crippen LogP) is 10.6. The van der Waals surface area contributed by atoms with Gasteiger partial charge in [-0.15, -0.1) is 0 Å². The maximum Gasteiger partial charge on any atom is 0.177 e. The molecule has 0 radical (unpaired) electrons. The van der Waals surface area contributed by atoms with Crippen LogP contribution in [0.4, 0.5) is 0 Å². The summed E-state index contributed by atoms with van der Waals surface area (Å²) in [5.74, 6) is -0.766. The summed E-state index contributed by atoms with van der Waals surface area (Å²) in [6, 6.07) is 7.18. The van der Waals surface area contributed by atoms with Gasteiger partial charge in [0.1, 0.15) is 5.58 Å². The fourth-order valence-electron chi connectivity index (χ4n) is 5.46. The molecule has 0 saturated carbocycles. The summed E-state index contributed by atoms with van der Waals surface area (Å²) in [7, 11) is 0. The molecule has 0 spiro atoms. The molecule has 0 aliphatic heterocycles. The van der Waals surface area contributed by atoms with E-state index in [4.69, 9.17) is 22.2 Å². The standard InChI is InChI=1S/C38H24O2/c39-32-23-22-31(37-36-26(24-12-3-1-4-13-24)20-11-21-33(36)40-38(32)37)35-29-18-9-7-16-27(29)34(25-14-5-2-6-15-25)28-17-8-10-19-30(28)35/h1-23,39H/i1D,2D,3D,4D,5D,6D,11D,12D,14D,15D,20D,21D,22D,23D. The molecule has 188 valence electrons. The van der Waals surface area contributed by atoms with Gasteiger partial charge in [0.25, 0.3) is 0 Å². The first-order chi connectivity index (χ1) is 25.6. The van der Waals surface area contributed by atoms with Gasteiger partial charge >= 0.3 is 0 Å². The number of aromatic hydroxyl groups is 1. The molecule has 8 aromatic rings. The topological polar surface area (TPSA) is 33.4 Å². The van der Waals surface area contributed by atoms with E-state index in [-0.39, 0.29) is 44.2 Å². The molecule has 0 unspecified atom stereocenters. The summed E-state index contributed by atoms with van der Waals surface area (Å²) >= 11 is 0. The van der Waals surface area contributed by atoms with Crippen LogP contribution < -0.4 is 0 Å². The van der Waals surface area contributed by atoms with E-state index in [1.165, 1.54) is 0 Å². The van der Waals surface area contributed by atoms with Gasteiger partial charge in [0.15, 0.2) is 11.3 Å². The number of phenols is 1. The van der Waals surface area contributed by atoms with Gasteiger partial charge in [-0.25, -0.2) is 0 Å². The first-order valence-corrected chi connectivity index (χ1v) is 12.4. The number of hydrogen-bond acceptors (Lipinski definition) is 2. The van der Waals surface area contributed by atoms with Crippen molar-refractivity contribution in [3.63, 3.8) is 0 Å². The van der Waals surface area contributed by atoms with Gasteiger partial charge in [0.2, 0.25) is 0 Å². The number of fused-ring (bicyclic) bond motifs is 5. The number of hydrogen-bond donors (Lipinski definition) is 1. The number of rotatable bonds is 3. The van der Waals surface area contributed by atoms with Gasteiger partial charge in [-0.1, -0.05) is 121 Å². The van der Waals surface area contributed by atoms with Crippen molar-refractivity contribution in [3.05, 3.63) is 139 Å².